The highest BCUT2D eigenvalue weighted by atomic mass is 79.9. The summed E-state index contributed by atoms with van der Waals surface area (Å²) < 4.78 is 7.14. The molecule has 2 heterocycles. The van der Waals surface area contributed by atoms with Gasteiger partial charge in [-0.3, -0.25) is 4.90 Å². The molecule has 0 N–H and O–H groups in total. The zero-order valence-corrected chi connectivity index (χ0v) is 16.5. The van der Waals surface area contributed by atoms with Crippen LogP contribution in [0.25, 0.3) is 17.0 Å². The van der Waals surface area contributed by atoms with E-state index in [4.69, 9.17) is 0 Å². The number of carbonyl (C=O) groups is 1. The maximum Gasteiger partial charge on any atom is 0.330 e. The number of methoxy groups -OCH3 is 1. The Morgan fingerprint density at radius 1 is 1.36 bits per heavy atom. The second-order valence-corrected chi connectivity index (χ2v) is 7.22. The van der Waals surface area contributed by atoms with Crippen LogP contribution in [0.5, 0.6) is 0 Å². The van der Waals surface area contributed by atoms with E-state index < -0.39 is 0 Å². The van der Waals surface area contributed by atoms with Crippen molar-refractivity contribution < 1.29 is 9.53 Å². The van der Waals surface area contributed by atoms with Crippen LogP contribution in [0, 0.1) is 0 Å². The number of aromatic nitrogens is 1. The summed E-state index contributed by atoms with van der Waals surface area (Å²) >= 11 is 3.59. The van der Waals surface area contributed by atoms with Crippen LogP contribution in [0.2, 0.25) is 0 Å². The lowest BCUT2D eigenvalue weighted by Crippen LogP contribution is -2.31. The predicted molar refractivity (Wildman–Crippen MR) is 106 cm³/mol. The van der Waals surface area contributed by atoms with Gasteiger partial charge in [0.2, 0.25) is 0 Å². The molecule has 0 spiro atoms. The van der Waals surface area contributed by atoms with Gasteiger partial charge in [0.1, 0.15) is 0 Å². The summed E-state index contributed by atoms with van der Waals surface area (Å²) in [5, 5.41) is 2.26. The minimum Gasteiger partial charge on any atom is -0.466 e. The molecule has 0 amide bonds. The van der Waals surface area contributed by atoms with Crippen molar-refractivity contribution in [2.24, 2.45) is 0 Å². The number of alkyl halides is 1. The van der Waals surface area contributed by atoms with Crippen molar-refractivity contribution in [1.29, 1.82) is 0 Å². The Morgan fingerprint density at radius 2 is 2.20 bits per heavy atom. The maximum atomic E-state index is 11.4. The zero-order chi connectivity index (χ0) is 17.8. The van der Waals surface area contributed by atoms with Gasteiger partial charge in [0.25, 0.3) is 0 Å². The normalized spacial score (nSPS) is 15.0. The monoisotopic (exact) mass is 404 g/mol. The van der Waals surface area contributed by atoms with E-state index in [2.05, 4.69) is 55.3 Å². The fourth-order valence-corrected chi connectivity index (χ4v) is 4.06. The second-order valence-electron chi connectivity index (χ2n) is 6.43. The molecule has 0 fully saturated rings. The topological polar surface area (TPSA) is 34.5 Å². The fraction of sp³-hybridized carbons (Fsp3) is 0.450. The Morgan fingerprint density at radius 3 is 2.92 bits per heavy atom. The minimum absolute atomic E-state index is 0.326. The number of aryl methyl sites for hydroxylation is 1. The Labute approximate surface area is 157 Å². The lowest BCUT2D eigenvalue weighted by molar-refractivity contribution is -0.134. The molecule has 1 aromatic heterocycles. The summed E-state index contributed by atoms with van der Waals surface area (Å²) in [4.78, 5) is 13.9. The van der Waals surface area contributed by atoms with E-state index in [1.165, 1.54) is 41.8 Å². The van der Waals surface area contributed by atoms with Gasteiger partial charge in [-0.2, -0.15) is 0 Å². The maximum absolute atomic E-state index is 11.4. The molecule has 0 saturated carbocycles. The second kappa shape index (κ2) is 8.19. The standard InChI is InChI=1S/C20H25BrN2O2/c1-3-10-22-11-8-19-17(14-22)16-13-15(5-7-20(24)25-2)4-6-18(16)23(19)12-9-21/h4-7,13H,3,8-12,14H2,1-2H3/b7-5+. The van der Waals surface area contributed by atoms with Gasteiger partial charge in [-0.1, -0.05) is 28.9 Å². The average Bonchev–Trinajstić information content (AvgIpc) is 2.93. The Balaban J connectivity index is 2.04. The molecule has 3 rings (SSSR count). The van der Waals surface area contributed by atoms with Gasteiger partial charge in [0, 0.05) is 54.1 Å². The first-order chi connectivity index (χ1) is 12.2. The highest BCUT2D eigenvalue weighted by Crippen LogP contribution is 2.32. The molecule has 0 aliphatic carbocycles. The Kier molecular flexibility index (Phi) is 5.97. The minimum atomic E-state index is -0.326. The van der Waals surface area contributed by atoms with Crippen LogP contribution in [0.1, 0.15) is 30.2 Å². The van der Waals surface area contributed by atoms with E-state index in [0.29, 0.717) is 0 Å². The highest BCUT2D eigenvalue weighted by Gasteiger charge is 2.23. The molecule has 0 atom stereocenters. The average molecular weight is 405 g/mol. The predicted octanol–water partition coefficient (Wildman–Crippen LogP) is 3.99. The van der Waals surface area contributed by atoms with E-state index in [9.17, 15) is 4.79 Å². The SMILES string of the molecule is CCCN1CCc2c(c3cc(/C=C/C(=O)OC)ccc3n2CCBr)C1. The number of ether oxygens (including phenoxy) is 1. The number of nitrogens with zero attached hydrogens (tertiary/aromatic N) is 2. The van der Waals surface area contributed by atoms with Crippen LogP contribution in [0.3, 0.4) is 0 Å². The van der Waals surface area contributed by atoms with Gasteiger partial charge in [0.15, 0.2) is 0 Å². The smallest absolute Gasteiger partial charge is 0.330 e. The number of benzene rings is 1. The van der Waals surface area contributed by atoms with Gasteiger partial charge in [-0.05, 0) is 42.3 Å². The number of hydrogen-bond donors (Lipinski definition) is 0. The van der Waals surface area contributed by atoms with Crippen molar-refractivity contribution in [1.82, 2.24) is 9.47 Å². The van der Waals surface area contributed by atoms with Crippen LogP contribution < -0.4 is 0 Å². The molecule has 0 unspecified atom stereocenters. The summed E-state index contributed by atoms with van der Waals surface area (Å²) in [6, 6.07) is 6.45. The van der Waals surface area contributed by atoms with Crippen LogP contribution in [-0.2, 0) is 29.0 Å². The van der Waals surface area contributed by atoms with Gasteiger partial charge in [-0.25, -0.2) is 4.79 Å². The molecule has 0 saturated heterocycles. The largest absolute Gasteiger partial charge is 0.466 e. The third kappa shape index (κ3) is 3.82. The first-order valence-electron chi connectivity index (χ1n) is 8.86. The van der Waals surface area contributed by atoms with E-state index in [-0.39, 0.29) is 5.97 Å². The number of carbonyl (C=O) groups excluding carboxylic acids is 1. The molecule has 134 valence electrons. The van der Waals surface area contributed by atoms with Gasteiger partial charge in [0.05, 0.1) is 7.11 Å². The summed E-state index contributed by atoms with van der Waals surface area (Å²) in [6.07, 6.45) is 5.59. The van der Waals surface area contributed by atoms with E-state index in [1.807, 2.05) is 6.08 Å². The molecule has 2 aromatic rings. The van der Waals surface area contributed by atoms with Crippen LogP contribution in [-0.4, -0.2) is 41.0 Å². The lowest BCUT2D eigenvalue weighted by atomic mass is 10.0. The molecule has 0 bridgehead atoms. The first kappa shape index (κ1) is 18.2. The molecule has 4 nitrogen and oxygen atoms in total. The van der Waals surface area contributed by atoms with Crippen LogP contribution >= 0.6 is 15.9 Å². The summed E-state index contributed by atoms with van der Waals surface area (Å²) in [5.41, 5.74) is 5.24. The third-order valence-corrected chi connectivity index (χ3v) is 5.17. The summed E-state index contributed by atoms with van der Waals surface area (Å²) in [7, 11) is 1.40. The fourth-order valence-electron chi connectivity index (χ4n) is 3.71. The molecule has 0 radical (unpaired) electrons. The highest BCUT2D eigenvalue weighted by molar-refractivity contribution is 9.09. The summed E-state index contributed by atoms with van der Waals surface area (Å²) in [5.74, 6) is -0.326. The molecule has 25 heavy (non-hydrogen) atoms. The lowest BCUT2D eigenvalue weighted by Gasteiger charge is -2.27. The summed E-state index contributed by atoms with van der Waals surface area (Å²) in [6.45, 7) is 6.51. The van der Waals surface area contributed by atoms with Crippen molar-refractivity contribution in [2.75, 3.05) is 25.5 Å². The van der Waals surface area contributed by atoms with Gasteiger partial charge in [-0.15, -0.1) is 0 Å². The molecule has 5 heteroatoms. The Hall–Kier alpha value is -1.59. The molecular formula is C20H25BrN2O2. The van der Waals surface area contributed by atoms with Crippen molar-refractivity contribution in [3.8, 4) is 0 Å². The van der Waals surface area contributed by atoms with Crippen molar-refractivity contribution in [3.05, 3.63) is 41.1 Å². The van der Waals surface area contributed by atoms with Crippen molar-refractivity contribution in [3.63, 3.8) is 0 Å². The molecular weight excluding hydrogens is 380 g/mol. The molecule has 1 aliphatic rings. The number of hydrogen-bond acceptors (Lipinski definition) is 3. The molecule has 1 aliphatic heterocycles. The van der Waals surface area contributed by atoms with Gasteiger partial charge >= 0.3 is 5.97 Å². The van der Waals surface area contributed by atoms with Crippen LogP contribution in [0.4, 0.5) is 0 Å². The van der Waals surface area contributed by atoms with Crippen molar-refractivity contribution >= 4 is 38.9 Å². The van der Waals surface area contributed by atoms with E-state index >= 15 is 0 Å². The zero-order valence-electron chi connectivity index (χ0n) is 14.9. The third-order valence-electron chi connectivity index (χ3n) is 4.82. The molecule has 1 aromatic carbocycles. The van der Waals surface area contributed by atoms with Gasteiger partial charge < -0.3 is 9.30 Å². The number of halogens is 1. The van der Waals surface area contributed by atoms with E-state index in [0.717, 1.165) is 43.5 Å². The number of fused-ring (bicyclic) bond motifs is 3. The first-order valence-corrected chi connectivity index (χ1v) is 9.98. The Bertz CT molecular complexity index is 795. The van der Waals surface area contributed by atoms with Crippen LogP contribution in [0.15, 0.2) is 24.3 Å². The number of esters is 1. The quantitative estimate of drug-likeness (QED) is 0.414. The number of rotatable bonds is 6. The van der Waals surface area contributed by atoms with E-state index in [1.54, 1.807) is 0 Å². The van der Waals surface area contributed by atoms with Crippen molar-refractivity contribution in [2.45, 2.75) is 32.9 Å².